The van der Waals surface area contributed by atoms with E-state index >= 15 is 0 Å². The fourth-order valence-corrected chi connectivity index (χ4v) is 3.03. The van der Waals surface area contributed by atoms with E-state index in [0.29, 0.717) is 0 Å². The average Bonchev–Trinajstić information content (AvgIpc) is 2.95. The summed E-state index contributed by atoms with van der Waals surface area (Å²) in [6.07, 6.45) is 0. The first-order valence-electron chi connectivity index (χ1n) is 6.62. The fourth-order valence-electron chi connectivity index (χ4n) is 2.20. The molecule has 0 amide bonds. The van der Waals surface area contributed by atoms with Crippen molar-refractivity contribution < 1.29 is 0 Å². The Bertz CT molecular complexity index is 722. The van der Waals surface area contributed by atoms with Crippen molar-refractivity contribution in [3.8, 4) is 21.1 Å². The van der Waals surface area contributed by atoms with E-state index in [0.717, 1.165) is 21.1 Å². The summed E-state index contributed by atoms with van der Waals surface area (Å²) in [4.78, 5) is 0. The third kappa shape index (κ3) is 2.37. The van der Waals surface area contributed by atoms with E-state index in [1.807, 2.05) is 18.2 Å². The minimum Gasteiger partial charge on any atom is -0.138 e. The van der Waals surface area contributed by atoms with Gasteiger partial charge in [-0.15, -0.1) is 10.2 Å². The highest BCUT2D eigenvalue weighted by molar-refractivity contribution is 7.17. The largest absolute Gasteiger partial charge is 0.148 e. The van der Waals surface area contributed by atoms with Gasteiger partial charge in [-0.05, 0) is 49.6 Å². The lowest BCUT2D eigenvalue weighted by Gasteiger charge is -2.06. The van der Waals surface area contributed by atoms with E-state index in [2.05, 4.69) is 55.2 Å². The van der Waals surface area contributed by atoms with E-state index in [1.54, 1.807) is 11.3 Å². The van der Waals surface area contributed by atoms with Gasteiger partial charge in [0.15, 0.2) is 0 Å². The molecule has 0 aliphatic rings. The van der Waals surface area contributed by atoms with Gasteiger partial charge in [0.2, 0.25) is 0 Å². The number of rotatable bonds is 2. The number of aromatic nitrogens is 2. The molecule has 0 unspecified atom stereocenters. The van der Waals surface area contributed by atoms with Crippen LogP contribution in [-0.4, -0.2) is 10.2 Å². The molecule has 2 aromatic carbocycles. The summed E-state index contributed by atoms with van der Waals surface area (Å²) in [6, 6.07) is 14.6. The Hall–Kier alpha value is -2.00. The predicted molar refractivity (Wildman–Crippen MR) is 85.0 cm³/mol. The van der Waals surface area contributed by atoms with Crippen molar-refractivity contribution in [2.45, 2.75) is 20.8 Å². The second-order valence-electron chi connectivity index (χ2n) is 5.01. The van der Waals surface area contributed by atoms with Crippen LogP contribution < -0.4 is 0 Å². The Morgan fingerprint density at radius 3 is 1.90 bits per heavy atom. The molecule has 20 heavy (non-hydrogen) atoms. The third-order valence-electron chi connectivity index (χ3n) is 3.62. The molecule has 3 heteroatoms. The van der Waals surface area contributed by atoms with Gasteiger partial charge in [-0.3, -0.25) is 0 Å². The van der Waals surface area contributed by atoms with Gasteiger partial charge in [0.25, 0.3) is 0 Å². The van der Waals surface area contributed by atoms with Gasteiger partial charge < -0.3 is 0 Å². The summed E-state index contributed by atoms with van der Waals surface area (Å²) < 4.78 is 0. The summed E-state index contributed by atoms with van der Waals surface area (Å²) >= 11 is 1.64. The van der Waals surface area contributed by atoms with Crippen molar-refractivity contribution in [1.82, 2.24) is 10.2 Å². The Balaban J connectivity index is 2.03. The third-order valence-corrected chi connectivity index (χ3v) is 4.64. The highest BCUT2D eigenvalue weighted by atomic mass is 32.1. The first-order chi connectivity index (χ1) is 9.65. The van der Waals surface area contributed by atoms with Gasteiger partial charge in [0.05, 0.1) is 0 Å². The summed E-state index contributed by atoms with van der Waals surface area (Å²) in [5.74, 6) is 0. The molecule has 0 saturated heterocycles. The monoisotopic (exact) mass is 280 g/mol. The molecule has 0 radical (unpaired) electrons. The maximum atomic E-state index is 4.34. The first kappa shape index (κ1) is 13.0. The number of nitrogens with zero attached hydrogens (tertiary/aromatic N) is 2. The Labute approximate surface area is 123 Å². The van der Waals surface area contributed by atoms with Crippen LogP contribution in [0.15, 0.2) is 42.5 Å². The molecule has 3 rings (SSSR count). The molecule has 0 N–H and O–H groups in total. The van der Waals surface area contributed by atoms with Crippen LogP contribution in [0.1, 0.15) is 16.7 Å². The molecular weight excluding hydrogens is 264 g/mol. The van der Waals surface area contributed by atoms with E-state index < -0.39 is 0 Å². The van der Waals surface area contributed by atoms with Crippen LogP contribution in [0.3, 0.4) is 0 Å². The van der Waals surface area contributed by atoms with Crippen LogP contribution in [-0.2, 0) is 0 Å². The van der Waals surface area contributed by atoms with Crippen molar-refractivity contribution in [2.24, 2.45) is 0 Å². The van der Waals surface area contributed by atoms with Gasteiger partial charge in [-0.25, -0.2) is 0 Å². The van der Waals surface area contributed by atoms with Gasteiger partial charge in [-0.2, -0.15) is 0 Å². The average molecular weight is 280 g/mol. The lowest BCUT2D eigenvalue weighted by atomic mass is 10.0. The Morgan fingerprint density at radius 1 is 0.750 bits per heavy atom. The minimum absolute atomic E-state index is 0.969. The molecule has 1 aromatic heterocycles. The molecule has 0 spiro atoms. The van der Waals surface area contributed by atoms with Crippen LogP contribution in [0, 0.1) is 20.8 Å². The molecule has 0 bridgehead atoms. The smallest absolute Gasteiger partial charge is 0.138 e. The number of aryl methyl sites for hydroxylation is 2. The normalized spacial score (nSPS) is 10.8. The highest BCUT2D eigenvalue weighted by Gasteiger charge is 2.10. The summed E-state index contributed by atoms with van der Waals surface area (Å²) in [5.41, 5.74) is 6.23. The molecule has 3 aromatic rings. The SMILES string of the molecule is Cc1cc(-c2nnc(-c3ccccc3)s2)cc(C)c1C. The zero-order valence-corrected chi connectivity index (χ0v) is 12.7. The molecule has 0 aliphatic carbocycles. The van der Waals surface area contributed by atoms with Crippen molar-refractivity contribution >= 4 is 11.3 Å². The zero-order chi connectivity index (χ0) is 14.1. The van der Waals surface area contributed by atoms with Crippen LogP contribution in [0.5, 0.6) is 0 Å². The first-order valence-corrected chi connectivity index (χ1v) is 7.44. The van der Waals surface area contributed by atoms with Crippen LogP contribution in [0.4, 0.5) is 0 Å². The lowest BCUT2D eigenvalue weighted by Crippen LogP contribution is -1.88. The summed E-state index contributed by atoms with van der Waals surface area (Å²) in [7, 11) is 0. The van der Waals surface area contributed by atoms with E-state index in [4.69, 9.17) is 0 Å². The number of hydrogen-bond acceptors (Lipinski definition) is 3. The molecule has 0 aliphatic heterocycles. The van der Waals surface area contributed by atoms with Crippen LogP contribution in [0.2, 0.25) is 0 Å². The zero-order valence-electron chi connectivity index (χ0n) is 11.8. The lowest BCUT2D eigenvalue weighted by molar-refractivity contribution is 1.10. The molecule has 0 saturated carbocycles. The molecular formula is C17H16N2S. The van der Waals surface area contributed by atoms with Gasteiger partial charge in [0.1, 0.15) is 10.0 Å². The second kappa shape index (κ2) is 5.17. The minimum atomic E-state index is 0.969. The van der Waals surface area contributed by atoms with E-state index in [9.17, 15) is 0 Å². The maximum Gasteiger partial charge on any atom is 0.148 e. The molecule has 0 fully saturated rings. The molecule has 1 heterocycles. The van der Waals surface area contributed by atoms with Crippen LogP contribution >= 0.6 is 11.3 Å². The Kier molecular flexibility index (Phi) is 3.36. The number of hydrogen-bond donors (Lipinski definition) is 0. The van der Waals surface area contributed by atoms with Crippen LogP contribution in [0.25, 0.3) is 21.1 Å². The van der Waals surface area contributed by atoms with E-state index in [1.165, 1.54) is 16.7 Å². The van der Waals surface area contributed by atoms with E-state index in [-0.39, 0.29) is 0 Å². The topological polar surface area (TPSA) is 25.8 Å². The Morgan fingerprint density at radius 2 is 1.30 bits per heavy atom. The number of benzene rings is 2. The highest BCUT2D eigenvalue weighted by Crippen LogP contribution is 2.31. The van der Waals surface area contributed by atoms with Gasteiger partial charge in [-0.1, -0.05) is 41.7 Å². The molecule has 100 valence electrons. The van der Waals surface area contributed by atoms with Gasteiger partial charge in [0, 0.05) is 11.1 Å². The van der Waals surface area contributed by atoms with Crippen molar-refractivity contribution in [1.29, 1.82) is 0 Å². The van der Waals surface area contributed by atoms with Crippen molar-refractivity contribution in [3.05, 3.63) is 59.2 Å². The van der Waals surface area contributed by atoms with Crippen molar-refractivity contribution in [3.63, 3.8) is 0 Å². The summed E-state index contributed by atoms with van der Waals surface area (Å²) in [6.45, 7) is 6.44. The standard InChI is InChI=1S/C17H16N2S/c1-11-9-15(10-12(2)13(11)3)17-19-18-16(20-17)14-7-5-4-6-8-14/h4-10H,1-3H3. The van der Waals surface area contributed by atoms with Crippen molar-refractivity contribution in [2.75, 3.05) is 0 Å². The van der Waals surface area contributed by atoms with Gasteiger partial charge >= 0.3 is 0 Å². The summed E-state index contributed by atoms with van der Waals surface area (Å²) in [5, 5.41) is 10.6. The second-order valence-corrected chi connectivity index (χ2v) is 5.99. The quantitative estimate of drug-likeness (QED) is 0.674. The molecule has 2 nitrogen and oxygen atoms in total. The predicted octanol–water partition coefficient (Wildman–Crippen LogP) is 4.80. The molecule has 0 atom stereocenters. The fraction of sp³-hybridized carbons (Fsp3) is 0.176. The maximum absolute atomic E-state index is 4.34.